The highest BCUT2D eigenvalue weighted by atomic mass is 16.3. The predicted octanol–water partition coefficient (Wildman–Crippen LogP) is 2.94. The maximum Gasteiger partial charge on any atom is 0.126 e. The van der Waals surface area contributed by atoms with E-state index in [9.17, 15) is 0 Å². The SMILES string of the molecule is CCc1ccc(C(NN)c2cnc3ccccc3c2)o1. The van der Waals surface area contributed by atoms with E-state index in [0.29, 0.717) is 0 Å². The number of hydrazine groups is 1. The van der Waals surface area contributed by atoms with E-state index >= 15 is 0 Å². The summed E-state index contributed by atoms with van der Waals surface area (Å²) in [5.74, 6) is 7.45. The van der Waals surface area contributed by atoms with Crippen LogP contribution in [0.15, 0.2) is 53.1 Å². The van der Waals surface area contributed by atoms with Crippen LogP contribution >= 0.6 is 0 Å². The number of benzene rings is 1. The molecule has 20 heavy (non-hydrogen) atoms. The fourth-order valence-corrected chi connectivity index (χ4v) is 2.33. The van der Waals surface area contributed by atoms with Gasteiger partial charge in [-0.3, -0.25) is 10.8 Å². The summed E-state index contributed by atoms with van der Waals surface area (Å²) in [4.78, 5) is 4.47. The Balaban J connectivity index is 2.02. The van der Waals surface area contributed by atoms with Crippen LogP contribution in [0, 0.1) is 0 Å². The standard InChI is InChI=1S/C16H17N3O/c1-2-13-7-8-15(20-13)16(19-17)12-9-11-5-3-4-6-14(11)18-10-12/h3-10,16,19H,2,17H2,1H3. The van der Waals surface area contributed by atoms with Crippen molar-refractivity contribution in [1.82, 2.24) is 10.4 Å². The number of furan rings is 1. The molecule has 3 N–H and O–H groups in total. The molecule has 4 nitrogen and oxygen atoms in total. The summed E-state index contributed by atoms with van der Waals surface area (Å²) in [7, 11) is 0. The molecule has 102 valence electrons. The van der Waals surface area contributed by atoms with Crippen molar-refractivity contribution in [3.63, 3.8) is 0 Å². The first-order valence-electron chi connectivity index (χ1n) is 6.71. The normalized spacial score (nSPS) is 12.7. The van der Waals surface area contributed by atoms with Crippen molar-refractivity contribution >= 4 is 10.9 Å². The number of hydrogen-bond acceptors (Lipinski definition) is 4. The minimum Gasteiger partial charge on any atom is -0.464 e. The van der Waals surface area contributed by atoms with Crippen LogP contribution < -0.4 is 11.3 Å². The zero-order valence-corrected chi connectivity index (χ0v) is 11.3. The molecule has 0 aliphatic rings. The molecule has 1 aromatic carbocycles. The molecular formula is C16H17N3O. The number of nitrogens with zero attached hydrogens (tertiary/aromatic N) is 1. The maximum atomic E-state index is 5.78. The molecule has 0 amide bonds. The largest absolute Gasteiger partial charge is 0.464 e. The summed E-state index contributed by atoms with van der Waals surface area (Å²) in [6.07, 6.45) is 2.70. The summed E-state index contributed by atoms with van der Waals surface area (Å²) < 4.78 is 5.78. The third-order valence-electron chi connectivity index (χ3n) is 3.43. The van der Waals surface area contributed by atoms with E-state index in [4.69, 9.17) is 10.3 Å². The van der Waals surface area contributed by atoms with Gasteiger partial charge in [-0.05, 0) is 29.8 Å². The van der Waals surface area contributed by atoms with E-state index in [1.807, 2.05) is 42.6 Å². The zero-order valence-electron chi connectivity index (χ0n) is 11.3. The first-order chi connectivity index (χ1) is 9.81. The van der Waals surface area contributed by atoms with Gasteiger partial charge in [0.05, 0.1) is 5.52 Å². The molecule has 4 heteroatoms. The summed E-state index contributed by atoms with van der Waals surface area (Å²) in [5.41, 5.74) is 4.76. The lowest BCUT2D eigenvalue weighted by molar-refractivity contribution is 0.425. The van der Waals surface area contributed by atoms with Gasteiger partial charge in [-0.25, -0.2) is 5.43 Å². The van der Waals surface area contributed by atoms with Gasteiger partial charge in [0, 0.05) is 18.0 Å². The summed E-state index contributed by atoms with van der Waals surface area (Å²) in [5, 5.41) is 1.09. The Morgan fingerprint density at radius 2 is 2.10 bits per heavy atom. The van der Waals surface area contributed by atoms with Crippen molar-refractivity contribution in [2.75, 3.05) is 0 Å². The number of aryl methyl sites for hydroxylation is 1. The van der Waals surface area contributed by atoms with Crippen molar-refractivity contribution in [1.29, 1.82) is 0 Å². The second-order valence-corrected chi connectivity index (χ2v) is 4.72. The highest BCUT2D eigenvalue weighted by Gasteiger charge is 2.17. The van der Waals surface area contributed by atoms with Gasteiger partial charge < -0.3 is 4.42 Å². The molecular weight excluding hydrogens is 250 g/mol. The van der Waals surface area contributed by atoms with E-state index < -0.39 is 0 Å². The lowest BCUT2D eigenvalue weighted by atomic mass is 10.1. The van der Waals surface area contributed by atoms with Crippen LogP contribution in [-0.4, -0.2) is 4.98 Å². The van der Waals surface area contributed by atoms with Crippen molar-refractivity contribution in [3.8, 4) is 0 Å². The molecule has 1 atom stereocenters. The highest BCUT2D eigenvalue weighted by Crippen LogP contribution is 2.25. The van der Waals surface area contributed by atoms with Gasteiger partial charge in [-0.15, -0.1) is 0 Å². The molecule has 0 radical (unpaired) electrons. The number of aromatic nitrogens is 1. The van der Waals surface area contributed by atoms with Crippen LogP contribution in [0.5, 0.6) is 0 Å². The Labute approximate surface area is 117 Å². The Kier molecular flexibility index (Phi) is 3.50. The average Bonchev–Trinajstić information content (AvgIpc) is 2.97. The molecule has 2 aromatic heterocycles. The molecule has 0 spiro atoms. The number of para-hydroxylation sites is 1. The number of rotatable bonds is 4. The van der Waals surface area contributed by atoms with E-state index in [2.05, 4.69) is 23.4 Å². The molecule has 0 aliphatic carbocycles. The van der Waals surface area contributed by atoms with Crippen LogP contribution in [-0.2, 0) is 6.42 Å². The van der Waals surface area contributed by atoms with Crippen molar-refractivity contribution in [3.05, 3.63) is 65.7 Å². The Bertz CT molecular complexity index is 720. The lowest BCUT2D eigenvalue weighted by Crippen LogP contribution is -2.28. The van der Waals surface area contributed by atoms with Gasteiger partial charge in [0.25, 0.3) is 0 Å². The van der Waals surface area contributed by atoms with Gasteiger partial charge in [-0.1, -0.05) is 25.1 Å². The average molecular weight is 267 g/mol. The Morgan fingerprint density at radius 1 is 1.25 bits per heavy atom. The summed E-state index contributed by atoms with van der Waals surface area (Å²) >= 11 is 0. The number of nitrogens with two attached hydrogens (primary N) is 1. The third-order valence-corrected chi connectivity index (χ3v) is 3.43. The van der Waals surface area contributed by atoms with Gasteiger partial charge in [-0.2, -0.15) is 0 Å². The molecule has 1 unspecified atom stereocenters. The van der Waals surface area contributed by atoms with Gasteiger partial charge in [0.1, 0.15) is 17.6 Å². The quantitative estimate of drug-likeness (QED) is 0.563. The topological polar surface area (TPSA) is 64.1 Å². The molecule has 3 rings (SSSR count). The summed E-state index contributed by atoms with van der Waals surface area (Å²) in [6.45, 7) is 2.06. The van der Waals surface area contributed by atoms with E-state index in [1.54, 1.807) is 0 Å². The van der Waals surface area contributed by atoms with E-state index in [-0.39, 0.29) is 6.04 Å². The maximum absolute atomic E-state index is 5.78. The number of hydrogen-bond donors (Lipinski definition) is 2. The van der Waals surface area contributed by atoms with Crippen molar-refractivity contribution in [2.45, 2.75) is 19.4 Å². The van der Waals surface area contributed by atoms with Gasteiger partial charge in [0.15, 0.2) is 0 Å². The monoisotopic (exact) mass is 267 g/mol. The smallest absolute Gasteiger partial charge is 0.126 e. The fourth-order valence-electron chi connectivity index (χ4n) is 2.33. The minimum absolute atomic E-state index is 0.188. The van der Waals surface area contributed by atoms with Crippen LogP contribution in [0.4, 0.5) is 0 Å². The van der Waals surface area contributed by atoms with E-state index in [0.717, 1.165) is 34.4 Å². The number of pyridine rings is 1. The van der Waals surface area contributed by atoms with Crippen molar-refractivity contribution in [2.24, 2.45) is 5.84 Å². The molecule has 3 aromatic rings. The van der Waals surface area contributed by atoms with Crippen LogP contribution in [0.2, 0.25) is 0 Å². The minimum atomic E-state index is -0.188. The zero-order chi connectivity index (χ0) is 13.9. The molecule has 0 bridgehead atoms. The predicted molar refractivity (Wildman–Crippen MR) is 79.0 cm³/mol. The third kappa shape index (κ3) is 2.31. The second-order valence-electron chi connectivity index (χ2n) is 4.72. The van der Waals surface area contributed by atoms with Gasteiger partial charge in [0.2, 0.25) is 0 Å². The first kappa shape index (κ1) is 12.8. The molecule has 2 heterocycles. The number of nitrogens with one attached hydrogen (secondary N) is 1. The van der Waals surface area contributed by atoms with Crippen LogP contribution in [0.3, 0.4) is 0 Å². The fraction of sp³-hybridized carbons (Fsp3) is 0.188. The molecule has 0 aliphatic heterocycles. The first-order valence-corrected chi connectivity index (χ1v) is 6.71. The Morgan fingerprint density at radius 3 is 2.85 bits per heavy atom. The highest BCUT2D eigenvalue weighted by molar-refractivity contribution is 5.78. The van der Waals surface area contributed by atoms with Gasteiger partial charge >= 0.3 is 0 Å². The lowest BCUT2D eigenvalue weighted by Gasteiger charge is -2.14. The van der Waals surface area contributed by atoms with Crippen LogP contribution in [0.25, 0.3) is 10.9 Å². The van der Waals surface area contributed by atoms with Crippen molar-refractivity contribution < 1.29 is 4.42 Å². The number of fused-ring (bicyclic) bond motifs is 1. The molecule has 0 saturated carbocycles. The summed E-state index contributed by atoms with van der Waals surface area (Å²) in [6, 6.07) is 13.8. The molecule has 0 saturated heterocycles. The Hall–Kier alpha value is -2.17. The second kappa shape index (κ2) is 5.45. The molecule has 0 fully saturated rings. The van der Waals surface area contributed by atoms with Crippen LogP contribution in [0.1, 0.15) is 30.0 Å². The van der Waals surface area contributed by atoms with E-state index in [1.165, 1.54) is 0 Å².